The predicted molar refractivity (Wildman–Crippen MR) is 70.4 cm³/mol. The van der Waals surface area contributed by atoms with Gasteiger partial charge >= 0.3 is 5.97 Å². The van der Waals surface area contributed by atoms with Gasteiger partial charge in [0.25, 0.3) is 0 Å². The number of rotatable bonds is 5. The Labute approximate surface area is 108 Å². The van der Waals surface area contributed by atoms with Crippen LogP contribution in [0.2, 0.25) is 0 Å². The molecule has 0 aliphatic rings. The van der Waals surface area contributed by atoms with Crippen molar-refractivity contribution in [2.75, 3.05) is 25.1 Å². The molecule has 4 nitrogen and oxygen atoms in total. The van der Waals surface area contributed by atoms with Crippen molar-refractivity contribution >= 4 is 11.7 Å². The van der Waals surface area contributed by atoms with E-state index in [2.05, 4.69) is 13.0 Å². The van der Waals surface area contributed by atoms with E-state index in [-0.39, 0.29) is 12.5 Å². The number of ether oxygens (including phenoxy) is 1. The van der Waals surface area contributed by atoms with E-state index in [1.165, 1.54) is 7.11 Å². The topological polar surface area (TPSA) is 53.3 Å². The third-order valence-corrected chi connectivity index (χ3v) is 2.74. The van der Waals surface area contributed by atoms with Gasteiger partial charge in [-0.25, -0.2) is 0 Å². The summed E-state index contributed by atoms with van der Waals surface area (Å²) < 4.78 is 4.69. The lowest BCUT2D eigenvalue weighted by Gasteiger charge is -2.23. The van der Waals surface area contributed by atoms with Gasteiger partial charge in [-0.05, 0) is 37.1 Å². The summed E-state index contributed by atoms with van der Waals surface area (Å²) >= 11 is 0. The van der Waals surface area contributed by atoms with Gasteiger partial charge in [0.2, 0.25) is 0 Å². The number of carbonyl (C=O) groups is 1. The lowest BCUT2D eigenvalue weighted by Crippen LogP contribution is -2.31. The number of nitriles is 1. The SMILES string of the molecule is CCCN(CC(=O)OC)c1ccc(C#N)c(C)c1. The molecule has 1 rings (SSSR count). The van der Waals surface area contributed by atoms with Crippen molar-refractivity contribution in [3.8, 4) is 6.07 Å². The smallest absolute Gasteiger partial charge is 0.325 e. The van der Waals surface area contributed by atoms with Gasteiger partial charge in [0.05, 0.1) is 18.7 Å². The molecule has 0 radical (unpaired) electrons. The molecular formula is C14H18N2O2. The predicted octanol–water partition coefficient (Wildman–Crippen LogP) is 2.26. The summed E-state index contributed by atoms with van der Waals surface area (Å²) in [6.07, 6.45) is 0.941. The number of benzene rings is 1. The number of nitrogens with zero attached hydrogens (tertiary/aromatic N) is 2. The van der Waals surface area contributed by atoms with Crippen LogP contribution in [0.3, 0.4) is 0 Å². The monoisotopic (exact) mass is 246 g/mol. The first-order chi connectivity index (χ1) is 8.62. The van der Waals surface area contributed by atoms with Crippen molar-refractivity contribution in [2.24, 2.45) is 0 Å². The molecule has 4 heteroatoms. The van der Waals surface area contributed by atoms with Crippen molar-refractivity contribution in [1.29, 1.82) is 5.26 Å². The molecule has 0 aliphatic carbocycles. The Bertz CT molecular complexity index is 463. The summed E-state index contributed by atoms with van der Waals surface area (Å²) in [7, 11) is 1.39. The largest absolute Gasteiger partial charge is 0.468 e. The molecule has 0 heterocycles. The van der Waals surface area contributed by atoms with Gasteiger partial charge in [-0.2, -0.15) is 5.26 Å². The van der Waals surface area contributed by atoms with Crippen LogP contribution in [-0.4, -0.2) is 26.2 Å². The maximum atomic E-state index is 11.4. The summed E-state index contributed by atoms with van der Waals surface area (Å²) in [5, 5.41) is 8.90. The van der Waals surface area contributed by atoms with Crippen molar-refractivity contribution in [1.82, 2.24) is 0 Å². The minimum absolute atomic E-state index is 0.232. The number of carbonyl (C=O) groups excluding carboxylic acids is 1. The Morgan fingerprint density at radius 3 is 2.72 bits per heavy atom. The summed E-state index contributed by atoms with van der Waals surface area (Å²) in [4.78, 5) is 13.3. The number of hydrogen-bond acceptors (Lipinski definition) is 4. The van der Waals surface area contributed by atoms with E-state index in [4.69, 9.17) is 10.00 Å². The molecule has 1 aromatic rings. The Balaban J connectivity index is 2.95. The van der Waals surface area contributed by atoms with E-state index in [0.717, 1.165) is 24.2 Å². The molecule has 0 saturated heterocycles. The zero-order valence-electron chi connectivity index (χ0n) is 11.1. The second-order valence-corrected chi connectivity index (χ2v) is 4.11. The summed E-state index contributed by atoms with van der Waals surface area (Å²) in [5.41, 5.74) is 2.52. The number of aryl methyl sites for hydroxylation is 1. The minimum atomic E-state index is -0.259. The molecule has 96 valence electrons. The lowest BCUT2D eigenvalue weighted by molar-refractivity contribution is -0.138. The van der Waals surface area contributed by atoms with Crippen LogP contribution < -0.4 is 4.90 Å². The molecule has 0 fully saturated rings. The molecular weight excluding hydrogens is 228 g/mol. The van der Waals surface area contributed by atoms with Gasteiger partial charge < -0.3 is 9.64 Å². The first kappa shape index (κ1) is 14.0. The summed E-state index contributed by atoms with van der Waals surface area (Å²) in [5.74, 6) is -0.259. The van der Waals surface area contributed by atoms with E-state index >= 15 is 0 Å². The number of methoxy groups -OCH3 is 1. The van der Waals surface area contributed by atoms with Crippen LogP contribution in [0.4, 0.5) is 5.69 Å². The highest BCUT2D eigenvalue weighted by Crippen LogP contribution is 2.19. The summed E-state index contributed by atoms with van der Waals surface area (Å²) in [6.45, 7) is 4.96. The maximum absolute atomic E-state index is 11.4. The van der Waals surface area contributed by atoms with E-state index in [9.17, 15) is 4.79 Å². The van der Waals surface area contributed by atoms with Gasteiger partial charge in [0.1, 0.15) is 6.54 Å². The first-order valence-corrected chi connectivity index (χ1v) is 5.94. The van der Waals surface area contributed by atoms with Crippen LogP contribution in [0.25, 0.3) is 0 Å². The Morgan fingerprint density at radius 1 is 1.50 bits per heavy atom. The normalized spacial score (nSPS) is 9.67. The maximum Gasteiger partial charge on any atom is 0.325 e. The molecule has 0 atom stereocenters. The van der Waals surface area contributed by atoms with Crippen LogP contribution in [0.5, 0.6) is 0 Å². The van der Waals surface area contributed by atoms with E-state index in [0.29, 0.717) is 5.56 Å². The molecule has 0 unspecified atom stereocenters. The molecule has 1 aromatic carbocycles. The first-order valence-electron chi connectivity index (χ1n) is 5.94. The number of hydrogen-bond donors (Lipinski definition) is 0. The van der Waals surface area contributed by atoms with Crippen molar-refractivity contribution < 1.29 is 9.53 Å². The molecule has 0 amide bonds. The summed E-state index contributed by atoms with van der Waals surface area (Å²) in [6, 6.07) is 7.71. The van der Waals surface area contributed by atoms with E-state index in [1.807, 2.05) is 24.0 Å². The number of anilines is 1. The van der Waals surface area contributed by atoms with E-state index < -0.39 is 0 Å². The molecule has 0 saturated carbocycles. The second kappa shape index (κ2) is 6.65. The second-order valence-electron chi connectivity index (χ2n) is 4.11. The molecule has 18 heavy (non-hydrogen) atoms. The fourth-order valence-electron chi connectivity index (χ4n) is 1.76. The van der Waals surface area contributed by atoms with Crippen LogP contribution in [0.1, 0.15) is 24.5 Å². The standard InChI is InChI=1S/C14H18N2O2/c1-4-7-16(10-14(17)18-3)13-6-5-12(9-15)11(2)8-13/h5-6,8H,4,7,10H2,1-3H3. The molecule has 0 aromatic heterocycles. The van der Waals surface area contributed by atoms with Gasteiger partial charge in [0, 0.05) is 12.2 Å². The zero-order valence-corrected chi connectivity index (χ0v) is 11.1. The van der Waals surface area contributed by atoms with Crippen LogP contribution in [0.15, 0.2) is 18.2 Å². The van der Waals surface area contributed by atoms with Gasteiger partial charge in [-0.3, -0.25) is 4.79 Å². The van der Waals surface area contributed by atoms with Gasteiger partial charge in [-0.15, -0.1) is 0 Å². The molecule has 0 aliphatic heterocycles. The third-order valence-electron chi connectivity index (χ3n) is 2.74. The minimum Gasteiger partial charge on any atom is -0.468 e. The molecule has 0 spiro atoms. The Hall–Kier alpha value is -2.02. The Morgan fingerprint density at radius 2 is 2.22 bits per heavy atom. The van der Waals surface area contributed by atoms with Crippen molar-refractivity contribution in [3.63, 3.8) is 0 Å². The average molecular weight is 246 g/mol. The van der Waals surface area contributed by atoms with Crippen LogP contribution in [-0.2, 0) is 9.53 Å². The number of esters is 1. The van der Waals surface area contributed by atoms with Crippen LogP contribution >= 0.6 is 0 Å². The quantitative estimate of drug-likeness (QED) is 0.748. The fourth-order valence-corrected chi connectivity index (χ4v) is 1.76. The highest BCUT2D eigenvalue weighted by atomic mass is 16.5. The Kier molecular flexibility index (Phi) is 5.19. The zero-order chi connectivity index (χ0) is 13.5. The highest BCUT2D eigenvalue weighted by molar-refractivity contribution is 5.75. The van der Waals surface area contributed by atoms with E-state index in [1.54, 1.807) is 6.07 Å². The fraction of sp³-hybridized carbons (Fsp3) is 0.429. The third kappa shape index (κ3) is 3.49. The molecule has 0 N–H and O–H groups in total. The average Bonchev–Trinajstić information content (AvgIpc) is 2.38. The van der Waals surface area contributed by atoms with Gasteiger partial charge in [0.15, 0.2) is 0 Å². The van der Waals surface area contributed by atoms with Crippen molar-refractivity contribution in [2.45, 2.75) is 20.3 Å². The molecule has 0 bridgehead atoms. The highest BCUT2D eigenvalue weighted by Gasteiger charge is 2.12. The lowest BCUT2D eigenvalue weighted by atomic mass is 10.1. The van der Waals surface area contributed by atoms with Gasteiger partial charge in [-0.1, -0.05) is 6.92 Å². The van der Waals surface area contributed by atoms with Crippen molar-refractivity contribution in [3.05, 3.63) is 29.3 Å². The van der Waals surface area contributed by atoms with Crippen LogP contribution in [0, 0.1) is 18.3 Å².